The number of benzene rings is 2. The average molecular weight is 311 g/mol. The van der Waals surface area contributed by atoms with Crippen molar-refractivity contribution in [1.29, 1.82) is 0 Å². The van der Waals surface area contributed by atoms with Gasteiger partial charge >= 0.3 is 10.1 Å². The van der Waals surface area contributed by atoms with E-state index in [1.807, 2.05) is 0 Å². The van der Waals surface area contributed by atoms with Gasteiger partial charge in [-0.3, -0.25) is 10.1 Å². The fourth-order valence-corrected chi connectivity index (χ4v) is 2.58. The molecule has 8 heteroatoms. The monoisotopic (exact) mass is 311 g/mol. The van der Waals surface area contributed by atoms with Crippen LogP contribution in [0.25, 0.3) is 0 Å². The van der Waals surface area contributed by atoms with E-state index < -0.39 is 20.9 Å². The highest BCUT2D eigenvalue weighted by Gasteiger charge is 2.21. The summed E-state index contributed by atoms with van der Waals surface area (Å²) in [6.07, 6.45) is 0. The van der Waals surface area contributed by atoms with Crippen LogP contribution in [0, 0.1) is 22.9 Å². The fraction of sp³-hybridized carbons (Fsp3) is 0.0769. The lowest BCUT2D eigenvalue weighted by atomic mass is 10.2. The van der Waals surface area contributed by atoms with E-state index in [1.165, 1.54) is 31.2 Å². The van der Waals surface area contributed by atoms with Crippen LogP contribution in [0.3, 0.4) is 0 Å². The molecule has 6 nitrogen and oxygen atoms in total. The van der Waals surface area contributed by atoms with Gasteiger partial charge < -0.3 is 4.18 Å². The van der Waals surface area contributed by atoms with Gasteiger partial charge in [0, 0.05) is 17.7 Å². The molecule has 0 spiro atoms. The summed E-state index contributed by atoms with van der Waals surface area (Å²) in [5.74, 6) is -0.865. The summed E-state index contributed by atoms with van der Waals surface area (Å²) in [7, 11) is -4.27. The average Bonchev–Trinajstić information content (AvgIpc) is 2.38. The lowest BCUT2D eigenvalue weighted by Crippen LogP contribution is -2.10. The van der Waals surface area contributed by atoms with Crippen molar-refractivity contribution < 1.29 is 21.9 Å². The molecule has 0 radical (unpaired) electrons. The summed E-state index contributed by atoms with van der Waals surface area (Å²) < 4.78 is 41.8. The molecular formula is C13H10FNO5S. The van der Waals surface area contributed by atoms with Gasteiger partial charge in [-0.1, -0.05) is 12.1 Å². The molecule has 0 N–H and O–H groups in total. The van der Waals surface area contributed by atoms with E-state index in [0.29, 0.717) is 5.56 Å². The van der Waals surface area contributed by atoms with Crippen molar-refractivity contribution in [1.82, 2.24) is 0 Å². The molecule has 0 unspecified atom stereocenters. The Kier molecular flexibility index (Phi) is 3.90. The molecule has 0 amide bonds. The van der Waals surface area contributed by atoms with Crippen molar-refractivity contribution >= 4 is 15.8 Å². The number of nitro groups is 1. The summed E-state index contributed by atoms with van der Waals surface area (Å²) >= 11 is 0. The topological polar surface area (TPSA) is 86.5 Å². The molecule has 0 bridgehead atoms. The molecule has 0 atom stereocenters. The third-order valence-corrected chi connectivity index (χ3v) is 3.91. The molecule has 2 aromatic carbocycles. The Morgan fingerprint density at radius 2 is 1.90 bits per heavy atom. The number of halogens is 1. The van der Waals surface area contributed by atoms with Crippen LogP contribution in [0.2, 0.25) is 0 Å². The first-order valence-corrected chi connectivity index (χ1v) is 7.15. The van der Waals surface area contributed by atoms with Gasteiger partial charge in [0.2, 0.25) is 0 Å². The van der Waals surface area contributed by atoms with E-state index >= 15 is 0 Å². The Hall–Kier alpha value is -2.48. The van der Waals surface area contributed by atoms with Crippen molar-refractivity contribution in [3.8, 4) is 5.75 Å². The van der Waals surface area contributed by atoms with E-state index in [4.69, 9.17) is 4.18 Å². The van der Waals surface area contributed by atoms with Crippen LogP contribution in [-0.2, 0) is 10.1 Å². The van der Waals surface area contributed by atoms with Crippen molar-refractivity contribution in [2.45, 2.75) is 11.8 Å². The molecule has 2 aromatic rings. The van der Waals surface area contributed by atoms with Crippen LogP contribution in [0.5, 0.6) is 5.75 Å². The zero-order chi connectivity index (χ0) is 15.6. The number of nitro benzene ring substituents is 1. The summed E-state index contributed by atoms with van der Waals surface area (Å²) in [6, 6.07) is 8.00. The molecule has 0 aliphatic heterocycles. The van der Waals surface area contributed by atoms with Crippen molar-refractivity contribution in [3.63, 3.8) is 0 Å². The number of hydrogen-bond acceptors (Lipinski definition) is 5. The maximum Gasteiger partial charge on any atom is 0.339 e. The fourth-order valence-electron chi connectivity index (χ4n) is 1.64. The second-order valence-electron chi connectivity index (χ2n) is 4.20. The van der Waals surface area contributed by atoms with Crippen molar-refractivity contribution in [3.05, 3.63) is 64.0 Å². The van der Waals surface area contributed by atoms with Gasteiger partial charge in [-0.05, 0) is 25.1 Å². The molecule has 0 aromatic heterocycles. The smallest absolute Gasteiger partial charge is 0.339 e. The normalized spacial score (nSPS) is 11.1. The van der Waals surface area contributed by atoms with E-state index in [2.05, 4.69) is 0 Å². The lowest BCUT2D eigenvalue weighted by molar-refractivity contribution is -0.385. The molecular weight excluding hydrogens is 301 g/mol. The van der Waals surface area contributed by atoms with Gasteiger partial charge in [-0.2, -0.15) is 8.42 Å². The summed E-state index contributed by atoms with van der Waals surface area (Å²) in [6.45, 7) is 1.49. The minimum atomic E-state index is -4.27. The van der Waals surface area contributed by atoms with Gasteiger partial charge in [-0.25, -0.2) is 4.39 Å². The predicted octanol–water partition coefficient (Wildman–Crippen LogP) is 2.81. The molecule has 110 valence electrons. The Morgan fingerprint density at radius 3 is 2.52 bits per heavy atom. The maximum absolute atomic E-state index is 13.0. The Morgan fingerprint density at radius 1 is 1.19 bits per heavy atom. The molecule has 2 rings (SSSR count). The van der Waals surface area contributed by atoms with E-state index in [9.17, 15) is 22.9 Å². The van der Waals surface area contributed by atoms with Gasteiger partial charge in [0.25, 0.3) is 5.69 Å². The minimum Gasteiger partial charge on any atom is -0.379 e. The predicted molar refractivity (Wildman–Crippen MR) is 72.0 cm³/mol. The quantitative estimate of drug-likeness (QED) is 0.492. The number of hydrogen-bond donors (Lipinski definition) is 0. The zero-order valence-corrected chi connectivity index (χ0v) is 11.6. The summed E-state index contributed by atoms with van der Waals surface area (Å²) in [4.78, 5) is 9.77. The maximum atomic E-state index is 13.0. The van der Waals surface area contributed by atoms with E-state index in [0.717, 1.165) is 18.2 Å². The van der Waals surface area contributed by atoms with Crippen LogP contribution in [0.4, 0.5) is 10.1 Å². The van der Waals surface area contributed by atoms with Gasteiger partial charge in [0.05, 0.1) is 4.92 Å². The highest BCUT2D eigenvalue weighted by molar-refractivity contribution is 7.87. The van der Waals surface area contributed by atoms with Crippen LogP contribution < -0.4 is 4.18 Å². The second kappa shape index (κ2) is 5.49. The van der Waals surface area contributed by atoms with Crippen LogP contribution in [-0.4, -0.2) is 13.3 Å². The van der Waals surface area contributed by atoms with Gasteiger partial charge in [0.15, 0.2) is 0 Å². The van der Waals surface area contributed by atoms with Crippen molar-refractivity contribution in [2.24, 2.45) is 0 Å². The standard InChI is InChI=1S/C13H10FNO5S/c1-9-5-6-12(8-13(9)15(16)17)21(18,19)20-11-4-2-3-10(14)7-11/h2-8H,1H3. The first-order chi connectivity index (χ1) is 9.79. The highest BCUT2D eigenvalue weighted by Crippen LogP contribution is 2.25. The summed E-state index contributed by atoms with van der Waals surface area (Å²) in [5, 5.41) is 10.8. The molecule has 0 aliphatic carbocycles. The van der Waals surface area contributed by atoms with Gasteiger partial charge in [-0.15, -0.1) is 0 Å². The largest absolute Gasteiger partial charge is 0.379 e. The molecule has 0 saturated carbocycles. The van der Waals surface area contributed by atoms with Crippen LogP contribution in [0.1, 0.15) is 5.56 Å². The lowest BCUT2D eigenvalue weighted by Gasteiger charge is -2.07. The second-order valence-corrected chi connectivity index (χ2v) is 5.75. The third-order valence-electron chi connectivity index (χ3n) is 2.67. The number of rotatable bonds is 4. The number of nitrogens with zero attached hydrogens (tertiary/aromatic N) is 1. The zero-order valence-electron chi connectivity index (χ0n) is 10.8. The molecule has 21 heavy (non-hydrogen) atoms. The highest BCUT2D eigenvalue weighted by atomic mass is 32.2. The van der Waals surface area contributed by atoms with Gasteiger partial charge in [0.1, 0.15) is 16.5 Å². The first-order valence-electron chi connectivity index (χ1n) is 5.75. The minimum absolute atomic E-state index is 0.210. The molecule has 0 heterocycles. The van der Waals surface area contributed by atoms with Crippen molar-refractivity contribution in [2.75, 3.05) is 0 Å². The SMILES string of the molecule is Cc1ccc(S(=O)(=O)Oc2cccc(F)c2)cc1[N+](=O)[O-]. The molecule has 0 aliphatic rings. The molecule has 0 fully saturated rings. The Balaban J connectivity index is 2.40. The van der Waals surface area contributed by atoms with E-state index in [-0.39, 0.29) is 16.3 Å². The summed E-state index contributed by atoms with van der Waals surface area (Å²) in [5.41, 5.74) is -0.0105. The van der Waals surface area contributed by atoms with Crippen LogP contribution in [0.15, 0.2) is 47.4 Å². The molecule has 0 saturated heterocycles. The van der Waals surface area contributed by atoms with E-state index in [1.54, 1.807) is 0 Å². The van der Waals surface area contributed by atoms with Crippen LogP contribution >= 0.6 is 0 Å². The first kappa shape index (κ1) is 14.9. The third kappa shape index (κ3) is 3.34. The Bertz CT molecular complexity index is 804. The Labute approximate surface area is 120 Å². The number of aryl methyl sites for hydroxylation is 1.